The average Bonchev–Trinajstić information content (AvgIpc) is 3.10. The van der Waals surface area contributed by atoms with Gasteiger partial charge in [-0.25, -0.2) is 8.42 Å². The van der Waals surface area contributed by atoms with Crippen LogP contribution in [-0.2, 0) is 14.6 Å². The van der Waals surface area contributed by atoms with E-state index < -0.39 is 9.84 Å². The molecule has 3 rings (SSSR count). The first-order valence-electron chi connectivity index (χ1n) is 8.01. The van der Waals surface area contributed by atoms with Crippen LogP contribution < -0.4 is 0 Å². The minimum Gasteiger partial charge on any atom is -0.396 e. The molecule has 0 bridgehead atoms. The maximum atomic E-state index is 11.6. The molecule has 3 atom stereocenters. The Bertz CT molecular complexity index is 439. The molecule has 4 nitrogen and oxygen atoms in total. The van der Waals surface area contributed by atoms with Crippen LogP contribution in [0.25, 0.3) is 0 Å². The molecule has 3 unspecified atom stereocenters. The number of aliphatic hydroxyl groups excluding tert-OH is 1. The molecule has 3 fully saturated rings. The van der Waals surface area contributed by atoms with Crippen molar-refractivity contribution in [2.45, 2.75) is 63.1 Å². The van der Waals surface area contributed by atoms with Gasteiger partial charge >= 0.3 is 0 Å². The van der Waals surface area contributed by atoms with Crippen molar-refractivity contribution in [3.05, 3.63) is 0 Å². The van der Waals surface area contributed by atoms with Gasteiger partial charge in [0.05, 0.1) is 23.2 Å². The zero-order valence-corrected chi connectivity index (χ0v) is 12.9. The first kappa shape index (κ1) is 14.8. The summed E-state index contributed by atoms with van der Waals surface area (Å²) in [6.45, 7) is 0.0903. The van der Waals surface area contributed by atoms with Gasteiger partial charge in [-0.1, -0.05) is 12.8 Å². The van der Waals surface area contributed by atoms with Crippen molar-refractivity contribution < 1.29 is 18.3 Å². The Hall–Kier alpha value is -0.130. The van der Waals surface area contributed by atoms with Crippen molar-refractivity contribution in [1.29, 1.82) is 0 Å². The van der Waals surface area contributed by atoms with E-state index in [0.29, 0.717) is 12.2 Å². The maximum Gasteiger partial charge on any atom is 0.150 e. The monoisotopic (exact) mass is 302 g/mol. The fourth-order valence-corrected chi connectivity index (χ4v) is 6.32. The van der Waals surface area contributed by atoms with Gasteiger partial charge < -0.3 is 9.84 Å². The van der Waals surface area contributed by atoms with Crippen LogP contribution in [-0.4, -0.2) is 43.3 Å². The summed E-state index contributed by atoms with van der Waals surface area (Å²) in [4.78, 5) is 0. The van der Waals surface area contributed by atoms with Gasteiger partial charge in [0.15, 0.2) is 9.84 Å². The topological polar surface area (TPSA) is 63.6 Å². The predicted octanol–water partition coefficient (Wildman–Crippen LogP) is 1.91. The van der Waals surface area contributed by atoms with E-state index in [9.17, 15) is 13.5 Å². The summed E-state index contributed by atoms with van der Waals surface area (Å²) >= 11 is 0. The smallest absolute Gasteiger partial charge is 0.150 e. The molecule has 116 valence electrons. The number of aliphatic hydroxyl groups is 1. The summed E-state index contributed by atoms with van der Waals surface area (Å²) in [5.41, 5.74) is 0.131. The molecule has 1 spiro atoms. The van der Waals surface area contributed by atoms with Gasteiger partial charge in [0, 0.05) is 6.61 Å². The normalized spacial score (nSPS) is 36.6. The Balaban J connectivity index is 1.56. The van der Waals surface area contributed by atoms with Gasteiger partial charge in [-0.15, -0.1) is 0 Å². The van der Waals surface area contributed by atoms with Gasteiger partial charge in [-0.05, 0) is 50.4 Å². The maximum absolute atomic E-state index is 11.6. The molecular formula is C15H26O4S. The first-order valence-corrected chi connectivity index (χ1v) is 9.83. The van der Waals surface area contributed by atoms with Gasteiger partial charge in [-0.3, -0.25) is 0 Å². The molecule has 0 radical (unpaired) electrons. The van der Waals surface area contributed by atoms with Gasteiger partial charge in [0.25, 0.3) is 0 Å². The Morgan fingerprint density at radius 1 is 1.20 bits per heavy atom. The van der Waals surface area contributed by atoms with Crippen LogP contribution in [0.15, 0.2) is 0 Å². The lowest BCUT2D eigenvalue weighted by Crippen LogP contribution is -2.28. The molecule has 0 amide bonds. The minimum absolute atomic E-state index is 0.0903. The number of rotatable bonds is 4. The Morgan fingerprint density at radius 3 is 2.55 bits per heavy atom. The van der Waals surface area contributed by atoms with Gasteiger partial charge in [0.2, 0.25) is 0 Å². The molecule has 0 aromatic rings. The first-order chi connectivity index (χ1) is 9.52. The molecule has 3 aliphatic rings. The molecule has 1 aliphatic carbocycles. The van der Waals surface area contributed by atoms with E-state index in [4.69, 9.17) is 4.74 Å². The van der Waals surface area contributed by atoms with Crippen LogP contribution in [0.5, 0.6) is 0 Å². The molecule has 2 saturated heterocycles. The summed E-state index contributed by atoms with van der Waals surface area (Å²) in [7, 11) is -2.86. The van der Waals surface area contributed by atoms with Crippen molar-refractivity contribution in [3.63, 3.8) is 0 Å². The second-order valence-corrected chi connectivity index (χ2v) is 9.24. The second-order valence-electron chi connectivity index (χ2n) is 7.01. The third kappa shape index (κ3) is 3.04. The minimum atomic E-state index is -2.86. The second kappa shape index (κ2) is 5.58. The lowest BCUT2D eigenvalue weighted by molar-refractivity contribution is -0.0497. The van der Waals surface area contributed by atoms with Crippen LogP contribution in [0, 0.1) is 11.8 Å². The van der Waals surface area contributed by atoms with Gasteiger partial charge in [-0.2, -0.15) is 0 Å². The largest absolute Gasteiger partial charge is 0.396 e. The molecule has 20 heavy (non-hydrogen) atoms. The third-order valence-corrected chi connectivity index (χ3v) is 7.38. The van der Waals surface area contributed by atoms with Crippen molar-refractivity contribution >= 4 is 9.84 Å². The lowest BCUT2D eigenvalue weighted by atomic mass is 9.87. The fraction of sp³-hybridized carbons (Fsp3) is 1.00. The standard InChI is InChI=1S/C15H26O4S/c16-10-13(12-4-8-20(17,18)11-12)9-14-3-7-15(19-14)5-1-2-6-15/h12-14,16H,1-11H2. The lowest BCUT2D eigenvalue weighted by Gasteiger charge is -2.27. The van der Waals surface area contributed by atoms with E-state index in [1.165, 1.54) is 25.7 Å². The summed E-state index contributed by atoms with van der Waals surface area (Å²) in [6.07, 6.45) is 8.93. The third-order valence-electron chi connectivity index (χ3n) is 5.59. The van der Waals surface area contributed by atoms with Crippen LogP contribution in [0.3, 0.4) is 0 Å². The van der Waals surface area contributed by atoms with Crippen molar-refractivity contribution in [1.82, 2.24) is 0 Å². The molecule has 2 aliphatic heterocycles. The Kier molecular flexibility index (Phi) is 4.13. The highest BCUT2D eigenvalue weighted by atomic mass is 32.2. The summed E-state index contributed by atoms with van der Waals surface area (Å²) in [5.74, 6) is 0.780. The number of ether oxygens (including phenoxy) is 1. The molecule has 0 aromatic carbocycles. The molecule has 2 heterocycles. The molecular weight excluding hydrogens is 276 g/mol. The van der Waals surface area contributed by atoms with E-state index in [1.807, 2.05) is 0 Å². The molecule has 1 saturated carbocycles. The van der Waals surface area contributed by atoms with E-state index in [1.54, 1.807) is 0 Å². The summed E-state index contributed by atoms with van der Waals surface area (Å²) in [5, 5.41) is 9.62. The predicted molar refractivity (Wildman–Crippen MR) is 77.3 cm³/mol. The fourth-order valence-electron chi connectivity index (χ4n) is 4.40. The summed E-state index contributed by atoms with van der Waals surface area (Å²) in [6, 6.07) is 0. The van der Waals surface area contributed by atoms with Gasteiger partial charge in [0.1, 0.15) is 0 Å². The molecule has 5 heteroatoms. The molecule has 0 aromatic heterocycles. The van der Waals surface area contributed by atoms with Crippen LogP contribution in [0.2, 0.25) is 0 Å². The zero-order chi connectivity index (χ0) is 14.2. The average molecular weight is 302 g/mol. The van der Waals surface area contributed by atoms with Crippen molar-refractivity contribution in [3.8, 4) is 0 Å². The number of sulfone groups is 1. The highest BCUT2D eigenvalue weighted by Crippen LogP contribution is 2.45. The molecule has 1 N–H and O–H groups in total. The van der Waals surface area contributed by atoms with E-state index in [0.717, 1.165) is 19.3 Å². The number of hydrogen-bond acceptors (Lipinski definition) is 4. The van der Waals surface area contributed by atoms with E-state index >= 15 is 0 Å². The number of hydrogen-bond donors (Lipinski definition) is 1. The zero-order valence-electron chi connectivity index (χ0n) is 12.1. The van der Waals surface area contributed by atoms with Crippen LogP contribution in [0.4, 0.5) is 0 Å². The Labute approximate surface area is 121 Å². The highest BCUT2D eigenvalue weighted by Gasteiger charge is 2.43. The highest BCUT2D eigenvalue weighted by molar-refractivity contribution is 7.91. The van der Waals surface area contributed by atoms with Crippen molar-refractivity contribution in [2.75, 3.05) is 18.1 Å². The SMILES string of the molecule is O=S1(=O)CCC(C(CO)CC2CCC3(CCCC3)O2)C1. The van der Waals surface area contributed by atoms with Crippen molar-refractivity contribution in [2.24, 2.45) is 11.8 Å². The van der Waals surface area contributed by atoms with Crippen LogP contribution >= 0.6 is 0 Å². The quantitative estimate of drug-likeness (QED) is 0.861. The van der Waals surface area contributed by atoms with E-state index in [-0.39, 0.29) is 35.9 Å². The van der Waals surface area contributed by atoms with E-state index in [2.05, 4.69) is 0 Å². The summed E-state index contributed by atoms with van der Waals surface area (Å²) < 4.78 is 29.5. The Morgan fingerprint density at radius 2 is 1.95 bits per heavy atom. The van der Waals surface area contributed by atoms with Crippen LogP contribution in [0.1, 0.15) is 51.4 Å².